The van der Waals surface area contributed by atoms with E-state index in [2.05, 4.69) is 4.90 Å². The molecule has 22 heavy (non-hydrogen) atoms. The number of ether oxygens (including phenoxy) is 2. The van der Waals surface area contributed by atoms with E-state index >= 15 is 0 Å². The summed E-state index contributed by atoms with van der Waals surface area (Å²) >= 11 is 0. The number of anilines is 1. The Hall–Kier alpha value is -1.59. The Bertz CT molecular complexity index is 514. The van der Waals surface area contributed by atoms with Gasteiger partial charge in [-0.05, 0) is 30.9 Å². The molecule has 5 heteroatoms. The number of piperazine rings is 1. The molecular weight excluding hydrogens is 280 g/mol. The summed E-state index contributed by atoms with van der Waals surface area (Å²) in [5.41, 5.74) is 0.921. The smallest absolute Gasteiger partial charge is 0.241 e. The van der Waals surface area contributed by atoms with E-state index in [4.69, 9.17) is 9.47 Å². The average Bonchev–Trinajstić information content (AvgIpc) is 2.56. The highest BCUT2D eigenvalue weighted by Crippen LogP contribution is 2.23. The van der Waals surface area contributed by atoms with Crippen LogP contribution >= 0.6 is 0 Å². The van der Waals surface area contributed by atoms with Gasteiger partial charge in [0, 0.05) is 38.0 Å². The molecule has 1 aromatic rings. The monoisotopic (exact) mass is 304 g/mol. The fourth-order valence-electron chi connectivity index (χ4n) is 3.25. The summed E-state index contributed by atoms with van der Waals surface area (Å²) in [5.74, 6) is 1.52. The van der Waals surface area contributed by atoms with Crippen LogP contribution in [0.15, 0.2) is 24.3 Å². The lowest BCUT2D eigenvalue weighted by Crippen LogP contribution is -2.52. The molecule has 0 N–H and O–H groups in total. The first-order valence-corrected chi connectivity index (χ1v) is 8.01. The lowest BCUT2D eigenvalue weighted by atomic mass is 10.0. The maximum atomic E-state index is 12.5. The number of hydrogen-bond acceptors (Lipinski definition) is 4. The second-order valence-electron chi connectivity index (χ2n) is 6.07. The van der Waals surface area contributed by atoms with Crippen molar-refractivity contribution >= 4 is 11.6 Å². The number of nitrogens with zero attached hydrogens (tertiary/aromatic N) is 2. The van der Waals surface area contributed by atoms with Crippen molar-refractivity contribution in [1.82, 2.24) is 4.90 Å². The maximum Gasteiger partial charge on any atom is 0.241 e. The molecule has 0 radical (unpaired) electrons. The van der Waals surface area contributed by atoms with Gasteiger partial charge in [0.2, 0.25) is 5.91 Å². The molecule has 2 fully saturated rings. The molecular formula is C17H24N2O3. The molecule has 1 atom stereocenters. The SMILES string of the molecule is COc1cccc(N2CCN(C[C@@H]3CCCOC3)CC2=O)c1. The molecule has 2 saturated heterocycles. The molecule has 0 bridgehead atoms. The van der Waals surface area contributed by atoms with Crippen molar-refractivity contribution in [3.05, 3.63) is 24.3 Å². The van der Waals surface area contributed by atoms with Gasteiger partial charge < -0.3 is 14.4 Å². The Balaban J connectivity index is 1.58. The summed E-state index contributed by atoms with van der Waals surface area (Å²) in [4.78, 5) is 16.6. The van der Waals surface area contributed by atoms with Crippen LogP contribution in [0.5, 0.6) is 5.75 Å². The molecule has 0 aliphatic carbocycles. The zero-order valence-electron chi connectivity index (χ0n) is 13.2. The first-order chi connectivity index (χ1) is 10.8. The fraction of sp³-hybridized carbons (Fsp3) is 0.588. The van der Waals surface area contributed by atoms with Crippen molar-refractivity contribution in [3.8, 4) is 5.75 Å². The molecule has 2 aliphatic rings. The number of carbonyl (C=O) groups excluding carboxylic acids is 1. The second-order valence-corrected chi connectivity index (χ2v) is 6.07. The Kier molecular flexibility index (Phi) is 4.95. The third kappa shape index (κ3) is 3.59. The Morgan fingerprint density at radius 3 is 3.00 bits per heavy atom. The Morgan fingerprint density at radius 2 is 2.27 bits per heavy atom. The quantitative estimate of drug-likeness (QED) is 0.850. The van der Waals surface area contributed by atoms with Crippen molar-refractivity contribution in [2.24, 2.45) is 5.92 Å². The van der Waals surface area contributed by atoms with Crippen LogP contribution in [0.4, 0.5) is 5.69 Å². The highest BCUT2D eigenvalue weighted by molar-refractivity contribution is 5.95. The van der Waals surface area contributed by atoms with Crippen LogP contribution in [-0.2, 0) is 9.53 Å². The second kappa shape index (κ2) is 7.11. The number of rotatable bonds is 4. The molecule has 0 unspecified atom stereocenters. The van der Waals surface area contributed by atoms with Gasteiger partial charge in [-0.2, -0.15) is 0 Å². The third-order valence-corrected chi connectivity index (χ3v) is 4.44. The van der Waals surface area contributed by atoms with Crippen molar-refractivity contribution in [2.45, 2.75) is 12.8 Å². The van der Waals surface area contributed by atoms with Crippen LogP contribution < -0.4 is 9.64 Å². The summed E-state index contributed by atoms with van der Waals surface area (Å²) in [6.45, 7) is 4.84. The predicted octanol–water partition coefficient (Wildman–Crippen LogP) is 1.77. The van der Waals surface area contributed by atoms with Gasteiger partial charge in [0.25, 0.3) is 0 Å². The van der Waals surface area contributed by atoms with Gasteiger partial charge in [0.15, 0.2) is 0 Å². The zero-order valence-corrected chi connectivity index (χ0v) is 13.2. The van der Waals surface area contributed by atoms with Crippen molar-refractivity contribution in [2.75, 3.05) is 51.4 Å². The molecule has 1 amide bonds. The van der Waals surface area contributed by atoms with E-state index in [1.807, 2.05) is 29.2 Å². The lowest BCUT2D eigenvalue weighted by Gasteiger charge is -2.36. The highest BCUT2D eigenvalue weighted by atomic mass is 16.5. The predicted molar refractivity (Wildman–Crippen MR) is 85.3 cm³/mol. The van der Waals surface area contributed by atoms with Crippen molar-refractivity contribution in [1.29, 1.82) is 0 Å². The van der Waals surface area contributed by atoms with Crippen LogP contribution in [0, 0.1) is 5.92 Å². The largest absolute Gasteiger partial charge is 0.497 e. The minimum atomic E-state index is 0.163. The molecule has 0 saturated carbocycles. The van der Waals surface area contributed by atoms with Crippen LogP contribution in [0.25, 0.3) is 0 Å². The summed E-state index contributed by atoms with van der Waals surface area (Å²) in [6, 6.07) is 7.70. The molecule has 1 aromatic carbocycles. The van der Waals surface area contributed by atoms with Crippen LogP contribution in [0.3, 0.4) is 0 Å². The molecule has 2 heterocycles. The minimum Gasteiger partial charge on any atom is -0.497 e. The molecule has 3 rings (SSSR count). The van der Waals surface area contributed by atoms with Crippen molar-refractivity contribution in [3.63, 3.8) is 0 Å². The van der Waals surface area contributed by atoms with E-state index in [0.29, 0.717) is 12.5 Å². The number of amides is 1. The van der Waals surface area contributed by atoms with Gasteiger partial charge in [0.1, 0.15) is 5.75 Å². The summed E-state index contributed by atoms with van der Waals surface area (Å²) in [6.07, 6.45) is 2.35. The van der Waals surface area contributed by atoms with E-state index in [1.54, 1.807) is 7.11 Å². The minimum absolute atomic E-state index is 0.163. The molecule has 0 aromatic heterocycles. The maximum absolute atomic E-state index is 12.5. The summed E-state index contributed by atoms with van der Waals surface area (Å²) < 4.78 is 10.8. The first kappa shape index (κ1) is 15.3. The Labute approximate surface area is 131 Å². The fourth-order valence-corrected chi connectivity index (χ4v) is 3.25. The lowest BCUT2D eigenvalue weighted by molar-refractivity contribution is -0.121. The van der Waals surface area contributed by atoms with Gasteiger partial charge in [-0.25, -0.2) is 0 Å². The summed E-state index contributed by atoms with van der Waals surface area (Å²) in [5, 5.41) is 0. The average molecular weight is 304 g/mol. The normalized spacial score (nSPS) is 23.6. The number of hydrogen-bond donors (Lipinski definition) is 0. The molecule has 120 valence electrons. The standard InChI is InChI=1S/C17H24N2O3/c1-21-16-6-2-5-15(10-16)19-8-7-18(12-17(19)20)11-14-4-3-9-22-13-14/h2,5-6,10,14H,3-4,7-9,11-13H2,1H3/t14-/m0/s1. The number of benzene rings is 1. The van der Waals surface area contributed by atoms with E-state index in [1.165, 1.54) is 6.42 Å². The zero-order chi connectivity index (χ0) is 15.4. The molecule has 0 spiro atoms. The van der Waals surface area contributed by atoms with Crippen molar-refractivity contribution < 1.29 is 14.3 Å². The molecule has 5 nitrogen and oxygen atoms in total. The highest BCUT2D eigenvalue weighted by Gasteiger charge is 2.27. The number of methoxy groups -OCH3 is 1. The van der Waals surface area contributed by atoms with Crippen LogP contribution in [0.2, 0.25) is 0 Å². The summed E-state index contributed by atoms with van der Waals surface area (Å²) in [7, 11) is 1.64. The van der Waals surface area contributed by atoms with Crippen LogP contribution in [0.1, 0.15) is 12.8 Å². The van der Waals surface area contributed by atoms with Gasteiger partial charge >= 0.3 is 0 Å². The third-order valence-electron chi connectivity index (χ3n) is 4.44. The van der Waals surface area contributed by atoms with Gasteiger partial charge in [-0.15, -0.1) is 0 Å². The van der Waals surface area contributed by atoms with Gasteiger partial charge in [-0.1, -0.05) is 6.07 Å². The van der Waals surface area contributed by atoms with E-state index in [-0.39, 0.29) is 5.91 Å². The first-order valence-electron chi connectivity index (χ1n) is 8.01. The Morgan fingerprint density at radius 1 is 1.36 bits per heavy atom. The van der Waals surface area contributed by atoms with E-state index < -0.39 is 0 Å². The molecule has 2 aliphatic heterocycles. The van der Waals surface area contributed by atoms with Gasteiger partial charge in [-0.3, -0.25) is 9.69 Å². The van der Waals surface area contributed by atoms with E-state index in [9.17, 15) is 4.79 Å². The van der Waals surface area contributed by atoms with Gasteiger partial charge in [0.05, 0.1) is 20.3 Å². The van der Waals surface area contributed by atoms with E-state index in [0.717, 1.165) is 50.7 Å². The van der Waals surface area contributed by atoms with Crippen LogP contribution in [-0.4, -0.2) is 57.3 Å². The number of carbonyl (C=O) groups is 1. The topological polar surface area (TPSA) is 42.0 Å².